The fraction of sp³-hybridized carbons (Fsp3) is 1.00. The molecular weight excluding hydrogens is 210 g/mol. The summed E-state index contributed by atoms with van der Waals surface area (Å²) < 4.78 is 0. The van der Waals surface area contributed by atoms with Crippen molar-refractivity contribution in [2.75, 3.05) is 37.1 Å². The van der Waals surface area contributed by atoms with Crippen LogP contribution in [0.3, 0.4) is 0 Å². The van der Waals surface area contributed by atoms with E-state index in [0.29, 0.717) is 0 Å². The summed E-state index contributed by atoms with van der Waals surface area (Å²) in [6.07, 6.45) is 11.2. The van der Waals surface area contributed by atoms with E-state index in [-0.39, 0.29) is 0 Å². The molecule has 1 nitrogen and oxygen atoms in total. The Bertz CT molecular complexity index is 87.3. The lowest BCUT2D eigenvalue weighted by Crippen LogP contribution is -2.17. The molecule has 1 N–H and O–H groups in total. The number of unbranched alkanes of at least 4 members (excludes halogenated alkanes) is 3. The van der Waals surface area contributed by atoms with E-state index in [4.69, 9.17) is 0 Å². The molecule has 3 heteroatoms. The second-order valence-electron chi connectivity index (χ2n) is 3.50. The Balaban J connectivity index is 2.78. The molecule has 0 bridgehead atoms. The molecule has 0 rings (SSSR count). The summed E-state index contributed by atoms with van der Waals surface area (Å²) in [5.74, 6) is 2.63. The lowest BCUT2D eigenvalue weighted by molar-refractivity contribution is 0.597. The van der Waals surface area contributed by atoms with Crippen molar-refractivity contribution in [3.63, 3.8) is 0 Å². The summed E-state index contributed by atoms with van der Waals surface area (Å²) in [7, 11) is 0. The van der Waals surface area contributed by atoms with Crippen LogP contribution in [-0.4, -0.2) is 37.1 Å². The first-order chi connectivity index (χ1) is 6.91. The Labute approximate surface area is 98.2 Å². The first-order valence-electron chi connectivity index (χ1n) is 5.60. The highest BCUT2D eigenvalue weighted by Gasteiger charge is 1.90. The second kappa shape index (κ2) is 13.7. The van der Waals surface area contributed by atoms with Gasteiger partial charge in [0.15, 0.2) is 0 Å². The van der Waals surface area contributed by atoms with E-state index in [0.717, 1.165) is 0 Å². The molecule has 0 aromatic heterocycles. The molecule has 0 aromatic rings. The quantitative estimate of drug-likeness (QED) is 0.552. The van der Waals surface area contributed by atoms with Crippen LogP contribution in [0.2, 0.25) is 0 Å². The van der Waals surface area contributed by atoms with Gasteiger partial charge in [-0.15, -0.1) is 0 Å². The van der Waals surface area contributed by atoms with E-state index in [2.05, 4.69) is 17.8 Å². The molecule has 0 unspecified atom stereocenters. The van der Waals surface area contributed by atoms with E-state index in [1.165, 1.54) is 56.7 Å². The zero-order chi connectivity index (χ0) is 10.5. The van der Waals surface area contributed by atoms with Crippen LogP contribution in [0.5, 0.6) is 0 Å². The van der Waals surface area contributed by atoms with Crippen molar-refractivity contribution in [2.24, 2.45) is 0 Å². The number of thioether (sulfide) groups is 2. The van der Waals surface area contributed by atoms with E-state index >= 15 is 0 Å². The van der Waals surface area contributed by atoms with Crippen LogP contribution in [0.15, 0.2) is 0 Å². The van der Waals surface area contributed by atoms with Gasteiger partial charge in [0.2, 0.25) is 0 Å². The predicted molar refractivity (Wildman–Crippen MR) is 72.7 cm³/mol. The number of nitrogens with one attached hydrogen (secondary N) is 1. The molecule has 0 amide bonds. The standard InChI is InChI=1S/C11H25NS2/c1-13-10-6-4-3-5-8-12-9-7-11-14-2/h12H,3-11H2,1-2H3. The lowest BCUT2D eigenvalue weighted by Gasteiger charge is -2.03. The van der Waals surface area contributed by atoms with Gasteiger partial charge in [0.1, 0.15) is 0 Å². The van der Waals surface area contributed by atoms with Gasteiger partial charge in [0.05, 0.1) is 0 Å². The Morgan fingerprint density at radius 2 is 1.29 bits per heavy atom. The Morgan fingerprint density at radius 3 is 2.00 bits per heavy atom. The van der Waals surface area contributed by atoms with Crippen LogP contribution in [0, 0.1) is 0 Å². The van der Waals surface area contributed by atoms with Crippen LogP contribution in [0.1, 0.15) is 32.1 Å². The minimum Gasteiger partial charge on any atom is -0.317 e. The van der Waals surface area contributed by atoms with Crippen LogP contribution in [-0.2, 0) is 0 Å². The molecule has 0 aliphatic carbocycles. The summed E-state index contributed by atoms with van der Waals surface area (Å²) in [4.78, 5) is 0. The van der Waals surface area contributed by atoms with Crippen LogP contribution in [0.25, 0.3) is 0 Å². The molecule has 0 heterocycles. The first-order valence-corrected chi connectivity index (χ1v) is 8.39. The smallest absolute Gasteiger partial charge is 0.00411 e. The fourth-order valence-corrected chi connectivity index (χ4v) is 2.24. The third-order valence-electron chi connectivity index (χ3n) is 2.15. The third kappa shape index (κ3) is 12.7. The Kier molecular flexibility index (Phi) is 14.3. The molecular formula is C11H25NS2. The summed E-state index contributed by atoms with van der Waals surface area (Å²) in [5, 5.41) is 3.49. The van der Waals surface area contributed by atoms with E-state index < -0.39 is 0 Å². The van der Waals surface area contributed by atoms with Gasteiger partial charge in [-0.05, 0) is 56.4 Å². The highest BCUT2D eigenvalue weighted by molar-refractivity contribution is 7.98. The molecule has 0 aliphatic heterocycles. The van der Waals surface area contributed by atoms with Gasteiger partial charge < -0.3 is 5.32 Å². The van der Waals surface area contributed by atoms with Crippen LogP contribution >= 0.6 is 23.5 Å². The monoisotopic (exact) mass is 235 g/mol. The molecule has 14 heavy (non-hydrogen) atoms. The van der Waals surface area contributed by atoms with Gasteiger partial charge in [-0.2, -0.15) is 23.5 Å². The van der Waals surface area contributed by atoms with Crippen molar-refractivity contribution in [1.82, 2.24) is 5.32 Å². The van der Waals surface area contributed by atoms with Crippen molar-refractivity contribution < 1.29 is 0 Å². The maximum absolute atomic E-state index is 3.49. The Morgan fingerprint density at radius 1 is 0.714 bits per heavy atom. The van der Waals surface area contributed by atoms with Crippen molar-refractivity contribution in [3.8, 4) is 0 Å². The highest BCUT2D eigenvalue weighted by atomic mass is 32.2. The highest BCUT2D eigenvalue weighted by Crippen LogP contribution is 2.03. The number of rotatable bonds is 11. The van der Waals surface area contributed by atoms with Crippen molar-refractivity contribution in [2.45, 2.75) is 32.1 Å². The van der Waals surface area contributed by atoms with Gasteiger partial charge in [0, 0.05) is 0 Å². The fourth-order valence-electron chi connectivity index (χ4n) is 1.32. The molecule has 0 saturated heterocycles. The summed E-state index contributed by atoms with van der Waals surface area (Å²) >= 11 is 3.90. The zero-order valence-corrected chi connectivity index (χ0v) is 11.3. The maximum Gasteiger partial charge on any atom is -0.00411 e. The largest absolute Gasteiger partial charge is 0.317 e. The normalized spacial score (nSPS) is 10.7. The minimum absolute atomic E-state index is 1.20. The molecule has 0 atom stereocenters. The second-order valence-corrected chi connectivity index (χ2v) is 5.47. The van der Waals surface area contributed by atoms with Gasteiger partial charge in [-0.25, -0.2) is 0 Å². The van der Waals surface area contributed by atoms with Crippen molar-refractivity contribution in [1.29, 1.82) is 0 Å². The topological polar surface area (TPSA) is 12.0 Å². The molecule has 0 spiro atoms. The Hall–Kier alpha value is 0.660. The average molecular weight is 235 g/mol. The summed E-state index contributed by atoms with van der Waals surface area (Å²) in [5.41, 5.74) is 0. The number of hydrogen-bond donors (Lipinski definition) is 1. The first kappa shape index (κ1) is 14.7. The van der Waals surface area contributed by atoms with E-state index in [9.17, 15) is 0 Å². The molecule has 86 valence electrons. The van der Waals surface area contributed by atoms with Crippen LogP contribution < -0.4 is 5.32 Å². The molecule has 0 saturated carbocycles. The summed E-state index contributed by atoms with van der Waals surface area (Å²) in [6, 6.07) is 0. The van der Waals surface area contributed by atoms with Gasteiger partial charge in [-0.1, -0.05) is 12.8 Å². The minimum atomic E-state index is 1.20. The number of hydrogen-bond acceptors (Lipinski definition) is 3. The predicted octanol–water partition coefficient (Wildman–Crippen LogP) is 3.25. The third-order valence-corrected chi connectivity index (χ3v) is 3.55. The van der Waals surface area contributed by atoms with Crippen molar-refractivity contribution >= 4 is 23.5 Å². The van der Waals surface area contributed by atoms with E-state index in [1.807, 2.05) is 23.5 Å². The maximum atomic E-state index is 3.49. The van der Waals surface area contributed by atoms with Gasteiger partial charge in [-0.3, -0.25) is 0 Å². The van der Waals surface area contributed by atoms with E-state index in [1.54, 1.807) is 0 Å². The van der Waals surface area contributed by atoms with Gasteiger partial charge in [0.25, 0.3) is 0 Å². The van der Waals surface area contributed by atoms with Crippen molar-refractivity contribution in [3.05, 3.63) is 0 Å². The van der Waals surface area contributed by atoms with Gasteiger partial charge >= 0.3 is 0 Å². The molecule has 0 aliphatic rings. The SMILES string of the molecule is CSCCCCCCNCCCSC. The molecule has 0 aromatic carbocycles. The lowest BCUT2D eigenvalue weighted by atomic mass is 10.2. The molecule has 0 fully saturated rings. The molecule has 0 radical (unpaired) electrons. The average Bonchev–Trinajstić information content (AvgIpc) is 2.21. The zero-order valence-electron chi connectivity index (χ0n) is 9.68. The van der Waals surface area contributed by atoms with Crippen LogP contribution in [0.4, 0.5) is 0 Å². The summed E-state index contributed by atoms with van der Waals surface area (Å²) in [6.45, 7) is 2.42.